The molecule has 8 heteroatoms. The molecular formula is C10H21NO5S2. The molecule has 0 aromatic carbocycles. The summed E-state index contributed by atoms with van der Waals surface area (Å²) in [6.07, 6.45) is 1.61. The van der Waals surface area contributed by atoms with Gasteiger partial charge in [-0.25, -0.2) is 8.42 Å². The highest BCUT2D eigenvalue weighted by atomic mass is 32.2. The van der Waals surface area contributed by atoms with Crippen LogP contribution in [0.5, 0.6) is 0 Å². The van der Waals surface area contributed by atoms with Crippen LogP contribution in [0.2, 0.25) is 0 Å². The Morgan fingerprint density at radius 2 is 1.83 bits per heavy atom. The molecule has 0 amide bonds. The van der Waals surface area contributed by atoms with Gasteiger partial charge in [0.1, 0.15) is 0 Å². The summed E-state index contributed by atoms with van der Waals surface area (Å²) in [6, 6.07) is 0. The molecule has 0 aromatic heterocycles. The normalized spacial score (nSPS) is 20.9. The Balaban J connectivity index is 2.28. The van der Waals surface area contributed by atoms with Gasteiger partial charge >= 0.3 is 0 Å². The second-order valence-corrected chi connectivity index (χ2v) is 8.49. The van der Waals surface area contributed by atoms with Crippen LogP contribution in [0.15, 0.2) is 0 Å². The van der Waals surface area contributed by atoms with E-state index in [0.29, 0.717) is 19.6 Å². The minimum Gasteiger partial charge on any atom is -0.300 e. The molecule has 0 spiro atoms. The zero-order valence-corrected chi connectivity index (χ0v) is 12.3. The largest absolute Gasteiger partial charge is 0.300 e. The van der Waals surface area contributed by atoms with Crippen molar-refractivity contribution in [2.75, 3.05) is 43.5 Å². The Morgan fingerprint density at radius 1 is 1.22 bits per heavy atom. The predicted molar refractivity (Wildman–Crippen MR) is 69.7 cm³/mol. The first-order valence-corrected chi connectivity index (χ1v) is 9.54. The predicted octanol–water partition coefficient (Wildman–Crippen LogP) is -0.137. The van der Waals surface area contributed by atoms with Gasteiger partial charge in [0.2, 0.25) is 0 Å². The van der Waals surface area contributed by atoms with Crippen molar-refractivity contribution in [3.05, 3.63) is 0 Å². The highest BCUT2D eigenvalue weighted by Gasteiger charge is 2.22. The summed E-state index contributed by atoms with van der Waals surface area (Å²) in [5.74, 6) is 0.157. The van der Waals surface area contributed by atoms with Crippen molar-refractivity contribution >= 4 is 20.0 Å². The molecule has 1 fully saturated rings. The number of hydrogen-bond donors (Lipinski definition) is 0. The van der Waals surface area contributed by atoms with E-state index in [1.165, 1.54) is 0 Å². The van der Waals surface area contributed by atoms with Crippen molar-refractivity contribution in [2.24, 2.45) is 0 Å². The molecule has 0 N–H and O–H groups in total. The van der Waals surface area contributed by atoms with E-state index >= 15 is 0 Å². The average molecular weight is 299 g/mol. The third kappa shape index (κ3) is 6.12. The summed E-state index contributed by atoms with van der Waals surface area (Å²) < 4.78 is 50.2. The van der Waals surface area contributed by atoms with Crippen LogP contribution in [0.1, 0.15) is 19.8 Å². The topological polar surface area (TPSA) is 80.8 Å². The minimum absolute atomic E-state index is 0.0727. The molecule has 1 rings (SSSR count). The van der Waals surface area contributed by atoms with Gasteiger partial charge in [-0.2, -0.15) is 8.42 Å². The number of nitrogens with zero attached hydrogens (tertiary/aromatic N) is 1. The number of sulfone groups is 1. The molecular weight excluding hydrogens is 278 g/mol. The molecule has 1 saturated heterocycles. The molecule has 6 nitrogen and oxygen atoms in total. The van der Waals surface area contributed by atoms with Gasteiger partial charge in [0, 0.05) is 19.6 Å². The molecule has 0 atom stereocenters. The van der Waals surface area contributed by atoms with Crippen LogP contribution in [0.3, 0.4) is 0 Å². The molecule has 1 aliphatic heterocycles. The third-order valence-electron chi connectivity index (χ3n) is 2.86. The first kappa shape index (κ1) is 15.9. The molecule has 0 aliphatic carbocycles. The maximum atomic E-state index is 11.5. The highest BCUT2D eigenvalue weighted by molar-refractivity contribution is 7.91. The van der Waals surface area contributed by atoms with E-state index in [-0.39, 0.29) is 23.9 Å². The zero-order valence-electron chi connectivity index (χ0n) is 10.7. The summed E-state index contributed by atoms with van der Waals surface area (Å²) in [6.45, 7) is 3.35. The Hall–Kier alpha value is -0.180. The van der Waals surface area contributed by atoms with E-state index in [0.717, 1.165) is 12.8 Å². The number of unbranched alkanes of at least 4 members (excludes halogenated alkanes) is 1. The lowest BCUT2D eigenvalue weighted by atomic mass is 10.4. The SMILES string of the molecule is CCCCOS(=O)(=O)CCN1CCS(=O)(=O)CC1. The number of hydrogen-bond acceptors (Lipinski definition) is 6. The van der Waals surface area contributed by atoms with Crippen molar-refractivity contribution in [2.45, 2.75) is 19.8 Å². The van der Waals surface area contributed by atoms with Crippen LogP contribution in [0, 0.1) is 0 Å². The van der Waals surface area contributed by atoms with E-state index in [9.17, 15) is 16.8 Å². The molecule has 0 unspecified atom stereocenters. The van der Waals surface area contributed by atoms with Crippen molar-refractivity contribution in [1.29, 1.82) is 0 Å². The van der Waals surface area contributed by atoms with Gasteiger partial charge in [-0.15, -0.1) is 0 Å². The Morgan fingerprint density at radius 3 is 2.39 bits per heavy atom. The van der Waals surface area contributed by atoms with Crippen LogP contribution >= 0.6 is 0 Å². The summed E-state index contributed by atoms with van der Waals surface area (Å²) in [5, 5.41) is 0. The van der Waals surface area contributed by atoms with Gasteiger partial charge in [0.15, 0.2) is 9.84 Å². The lowest BCUT2D eigenvalue weighted by Gasteiger charge is -2.26. The lowest BCUT2D eigenvalue weighted by molar-refractivity contribution is 0.289. The van der Waals surface area contributed by atoms with Crippen molar-refractivity contribution in [3.8, 4) is 0 Å². The standard InChI is InChI=1S/C10H21NO5S2/c1-2-3-7-16-18(14,15)10-6-11-4-8-17(12,13)9-5-11/h2-10H2,1H3. The summed E-state index contributed by atoms with van der Waals surface area (Å²) in [5.41, 5.74) is 0. The van der Waals surface area contributed by atoms with Crippen LogP contribution in [-0.4, -0.2) is 65.2 Å². The van der Waals surface area contributed by atoms with E-state index in [2.05, 4.69) is 0 Å². The molecule has 108 valence electrons. The second kappa shape index (κ2) is 6.83. The van der Waals surface area contributed by atoms with Crippen LogP contribution in [0.25, 0.3) is 0 Å². The maximum absolute atomic E-state index is 11.5. The van der Waals surface area contributed by atoms with Crippen LogP contribution in [-0.2, 0) is 24.1 Å². The Labute approximate surface area is 109 Å². The minimum atomic E-state index is -3.47. The molecule has 1 heterocycles. The summed E-state index contributed by atoms with van der Waals surface area (Å²) in [4.78, 5) is 1.85. The molecule has 0 bridgehead atoms. The van der Waals surface area contributed by atoms with Crippen molar-refractivity contribution < 1.29 is 21.0 Å². The Kier molecular flexibility index (Phi) is 6.03. The first-order chi connectivity index (χ1) is 8.35. The quantitative estimate of drug-likeness (QED) is 0.481. The second-order valence-electron chi connectivity index (χ2n) is 4.43. The van der Waals surface area contributed by atoms with E-state index in [1.807, 2.05) is 11.8 Å². The molecule has 1 aliphatic rings. The summed E-state index contributed by atoms with van der Waals surface area (Å²) in [7, 11) is -6.38. The van der Waals surface area contributed by atoms with Gasteiger partial charge in [0.05, 0.1) is 23.9 Å². The van der Waals surface area contributed by atoms with Gasteiger partial charge in [-0.1, -0.05) is 13.3 Å². The smallest absolute Gasteiger partial charge is 0.268 e. The lowest BCUT2D eigenvalue weighted by Crippen LogP contribution is -2.42. The fourth-order valence-corrected chi connectivity index (χ4v) is 3.85. The third-order valence-corrected chi connectivity index (χ3v) is 5.67. The van der Waals surface area contributed by atoms with Gasteiger partial charge in [-0.05, 0) is 6.42 Å². The fraction of sp³-hybridized carbons (Fsp3) is 1.00. The maximum Gasteiger partial charge on any atom is 0.268 e. The van der Waals surface area contributed by atoms with Gasteiger partial charge in [0.25, 0.3) is 10.1 Å². The first-order valence-electron chi connectivity index (χ1n) is 6.14. The zero-order chi connectivity index (χ0) is 13.6. The summed E-state index contributed by atoms with van der Waals surface area (Å²) >= 11 is 0. The number of rotatable bonds is 7. The van der Waals surface area contributed by atoms with E-state index in [4.69, 9.17) is 4.18 Å². The van der Waals surface area contributed by atoms with Gasteiger partial charge in [-0.3, -0.25) is 4.18 Å². The van der Waals surface area contributed by atoms with Crippen LogP contribution < -0.4 is 0 Å². The molecule has 0 saturated carbocycles. The van der Waals surface area contributed by atoms with Crippen molar-refractivity contribution in [1.82, 2.24) is 4.90 Å². The average Bonchev–Trinajstić information content (AvgIpc) is 2.28. The monoisotopic (exact) mass is 299 g/mol. The van der Waals surface area contributed by atoms with E-state index < -0.39 is 20.0 Å². The van der Waals surface area contributed by atoms with E-state index in [1.54, 1.807) is 0 Å². The molecule has 0 radical (unpaired) electrons. The molecule has 18 heavy (non-hydrogen) atoms. The van der Waals surface area contributed by atoms with Crippen LogP contribution in [0.4, 0.5) is 0 Å². The molecule has 0 aromatic rings. The Bertz CT molecular complexity index is 429. The van der Waals surface area contributed by atoms with Gasteiger partial charge < -0.3 is 4.90 Å². The fourth-order valence-electron chi connectivity index (χ4n) is 1.60. The van der Waals surface area contributed by atoms with Crippen molar-refractivity contribution in [3.63, 3.8) is 0 Å². The highest BCUT2D eigenvalue weighted by Crippen LogP contribution is 2.05.